The van der Waals surface area contributed by atoms with Crippen molar-refractivity contribution < 1.29 is 9.59 Å². The predicted octanol–water partition coefficient (Wildman–Crippen LogP) is 3.57. The highest BCUT2D eigenvalue weighted by Gasteiger charge is 2.38. The van der Waals surface area contributed by atoms with E-state index in [1.165, 1.54) is 0 Å². The van der Waals surface area contributed by atoms with Crippen molar-refractivity contribution in [3.05, 3.63) is 58.7 Å². The molecule has 2 heterocycles. The van der Waals surface area contributed by atoms with Gasteiger partial charge in [0.2, 0.25) is 0 Å². The maximum Gasteiger partial charge on any atom is 0.257 e. The van der Waals surface area contributed by atoms with Gasteiger partial charge in [0.1, 0.15) is 6.17 Å². The third-order valence-corrected chi connectivity index (χ3v) is 5.28. The molecule has 2 aliphatic rings. The van der Waals surface area contributed by atoms with E-state index in [-0.39, 0.29) is 18.0 Å². The van der Waals surface area contributed by atoms with E-state index in [0.717, 1.165) is 41.9 Å². The van der Waals surface area contributed by atoms with Crippen LogP contribution in [0.2, 0.25) is 0 Å². The van der Waals surface area contributed by atoms with Crippen LogP contribution in [0.4, 0.5) is 11.4 Å². The number of carbonyl (C=O) groups excluding carboxylic acids is 2. The van der Waals surface area contributed by atoms with Crippen LogP contribution in [0.25, 0.3) is 0 Å². The van der Waals surface area contributed by atoms with Crippen LogP contribution >= 0.6 is 0 Å². The molecule has 0 aliphatic carbocycles. The van der Waals surface area contributed by atoms with Gasteiger partial charge in [0, 0.05) is 24.8 Å². The smallest absolute Gasteiger partial charge is 0.257 e. The molecule has 2 amide bonds. The summed E-state index contributed by atoms with van der Waals surface area (Å²) in [5.41, 5.74) is 5.08. The van der Waals surface area contributed by atoms with Crippen molar-refractivity contribution in [1.82, 2.24) is 4.90 Å². The summed E-state index contributed by atoms with van der Waals surface area (Å²) < 4.78 is 0. The normalized spacial score (nSPS) is 18.6. The molecule has 0 radical (unpaired) electrons. The van der Waals surface area contributed by atoms with Gasteiger partial charge in [-0.3, -0.25) is 9.59 Å². The van der Waals surface area contributed by atoms with Gasteiger partial charge in [-0.15, -0.1) is 0 Å². The van der Waals surface area contributed by atoms with Gasteiger partial charge in [-0.1, -0.05) is 6.07 Å². The molecular formula is C21H23N3O2. The first-order valence-corrected chi connectivity index (χ1v) is 9.01. The second-order valence-corrected chi connectivity index (χ2v) is 7.29. The Morgan fingerprint density at radius 2 is 1.85 bits per heavy atom. The van der Waals surface area contributed by atoms with Crippen LogP contribution in [-0.2, 0) is 0 Å². The van der Waals surface area contributed by atoms with E-state index >= 15 is 0 Å². The van der Waals surface area contributed by atoms with Gasteiger partial charge in [0.25, 0.3) is 11.8 Å². The quantitative estimate of drug-likeness (QED) is 0.902. The molecule has 0 bridgehead atoms. The maximum absolute atomic E-state index is 12.7. The van der Waals surface area contributed by atoms with Crippen molar-refractivity contribution in [2.75, 3.05) is 23.8 Å². The number of amides is 2. The average molecular weight is 349 g/mol. The van der Waals surface area contributed by atoms with Crippen molar-refractivity contribution >= 4 is 23.2 Å². The van der Waals surface area contributed by atoms with Gasteiger partial charge >= 0.3 is 0 Å². The number of nitrogens with one attached hydrogen (secondary N) is 1. The number of carbonyl (C=O) groups is 2. The summed E-state index contributed by atoms with van der Waals surface area (Å²) in [6.07, 6.45) is 2.10. The number of benzene rings is 2. The zero-order valence-corrected chi connectivity index (χ0v) is 15.4. The number of rotatable bonds is 2. The lowest BCUT2D eigenvalue weighted by Gasteiger charge is -2.40. The fraction of sp³-hybridized carbons (Fsp3) is 0.333. The Kier molecular flexibility index (Phi) is 3.94. The molecule has 1 atom stereocenters. The molecule has 4 rings (SSSR count). The van der Waals surface area contributed by atoms with E-state index in [4.69, 9.17) is 0 Å². The molecule has 0 saturated carbocycles. The molecule has 2 aliphatic heterocycles. The van der Waals surface area contributed by atoms with E-state index in [1.807, 2.05) is 44.0 Å². The van der Waals surface area contributed by atoms with Crippen molar-refractivity contribution in [3.63, 3.8) is 0 Å². The maximum atomic E-state index is 12.7. The Morgan fingerprint density at radius 1 is 1.12 bits per heavy atom. The summed E-state index contributed by atoms with van der Waals surface area (Å²) in [5, 5.41) is 2.97. The first kappa shape index (κ1) is 16.6. The molecule has 2 aromatic rings. The zero-order chi connectivity index (χ0) is 18.4. The SMILES string of the molecule is Cc1cc(C)cc(NC(=O)c2ccc3c(c2)N(C)C2CCCN2C3=O)c1. The van der Waals surface area contributed by atoms with E-state index in [0.29, 0.717) is 11.1 Å². The molecule has 1 fully saturated rings. The third-order valence-electron chi connectivity index (χ3n) is 5.28. The highest BCUT2D eigenvalue weighted by molar-refractivity contribution is 6.08. The highest BCUT2D eigenvalue weighted by Crippen LogP contribution is 2.35. The number of nitrogens with zero attached hydrogens (tertiary/aromatic N) is 2. The fourth-order valence-corrected chi connectivity index (χ4v) is 4.10. The molecule has 1 unspecified atom stereocenters. The van der Waals surface area contributed by atoms with Crippen LogP contribution in [0.15, 0.2) is 36.4 Å². The van der Waals surface area contributed by atoms with Crippen LogP contribution in [-0.4, -0.2) is 36.5 Å². The number of anilines is 2. The first-order valence-electron chi connectivity index (χ1n) is 9.01. The molecule has 26 heavy (non-hydrogen) atoms. The Morgan fingerprint density at radius 3 is 2.58 bits per heavy atom. The van der Waals surface area contributed by atoms with Gasteiger partial charge in [-0.25, -0.2) is 0 Å². The Hall–Kier alpha value is -2.82. The predicted molar refractivity (Wildman–Crippen MR) is 103 cm³/mol. The Bertz CT molecular complexity index is 886. The van der Waals surface area contributed by atoms with Gasteiger partial charge in [0.15, 0.2) is 0 Å². The van der Waals surface area contributed by atoms with E-state index < -0.39 is 0 Å². The molecule has 0 spiro atoms. The minimum absolute atomic E-state index is 0.0712. The lowest BCUT2D eigenvalue weighted by molar-refractivity contribution is 0.0719. The standard InChI is InChI=1S/C21H23N3O2/c1-13-9-14(2)11-16(10-13)22-20(25)15-6-7-17-18(12-15)23(3)19-5-4-8-24(19)21(17)26/h6-7,9-12,19H,4-5,8H2,1-3H3,(H,22,25). The Balaban J connectivity index is 1.64. The lowest BCUT2D eigenvalue weighted by Crippen LogP contribution is -2.50. The molecule has 0 aromatic heterocycles. The summed E-state index contributed by atoms with van der Waals surface area (Å²) in [7, 11) is 2.00. The van der Waals surface area contributed by atoms with E-state index in [1.54, 1.807) is 12.1 Å². The van der Waals surface area contributed by atoms with Crippen LogP contribution < -0.4 is 10.2 Å². The second kappa shape index (κ2) is 6.16. The zero-order valence-electron chi connectivity index (χ0n) is 15.4. The Labute approximate surface area is 153 Å². The largest absolute Gasteiger partial charge is 0.354 e. The average Bonchev–Trinajstić information content (AvgIpc) is 3.08. The van der Waals surface area contributed by atoms with Crippen LogP contribution in [0.3, 0.4) is 0 Å². The second-order valence-electron chi connectivity index (χ2n) is 7.29. The van der Waals surface area contributed by atoms with Gasteiger partial charge < -0.3 is 15.1 Å². The van der Waals surface area contributed by atoms with Crippen LogP contribution in [0.5, 0.6) is 0 Å². The van der Waals surface area contributed by atoms with Crippen LogP contribution in [0, 0.1) is 13.8 Å². The summed E-state index contributed by atoms with van der Waals surface area (Å²) in [6.45, 7) is 4.83. The lowest BCUT2D eigenvalue weighted by atomic mass is 10.0. The fourth-order valence-electron chi connectivity index (χ4n) is 4.10. The van der Waals surface area contributed by atoms with Crippen molar-refractivity contribution in [2.45, 2.75) is 32.9 Å². The molecular weight excluding hydrogens is 326 g/mol. The minimum Gasteiger partial charge on any atom is -0.354 e. The highest BCUT2D eigenvalue weighted by atomic mass is 16.2. The monoisotopic (exact) mass is 349 g/mol. The topological polar surface area (TPSA) is 52.7 Å². The molecule has 134 valence electrons. The van der Waals surface area contributed by atoms with Gasteiger partial charge in [-0.05, 0) is 68.1 Å². The molecule has 2 aromatic carbocycles. The number of aryl methyl sites for hydroxylation is 2. The molecule has 5 heteroatoms. The summed E-state index contributed by atoms with van der Waals surface area (Å²) in [6, 6.07) is 11.3. The first-order chi connectivity index (χ1) is 12.4. The number of hydrogen-bond acceptors (Lipinski definition) is 3. The summed E-state index contributed by atoms with van der Waals surface area (Å²) >= 11 is 0. The molecule has 1 N–H and O–H groups in total. The van der Waals surface area contributed by atoms with Crippen molar-refractivity contribution in [1.29, 1.82) is 0 Å². The van der Waals surface area contributed by atoms with Crippen molar-refractivity contribution in [3.8, 4) is 0 Å². The summed E-state index contributed by atoms with van der Waals surface area (Å²) in [4.78, 5) is 29.5. The van der Waals surface area contributed by atoms with Gasteiger partial charge in [0.05, 0.1) is 11.3 Å². The van der Waals surface area contributed by atoms with Crippen LogP contribution in [0.1, 0.15) is 44.7 Å². The minimum atomic E-state index is -0.160. The molecule has 5 nitrogen and oxygen atoms in total. The third kappa shape index (κ3) is 2.73. The number of hydrogen-bond donors (Lipinski definition) is 1. The van der Waals surface area contributed by atoms with E-state index in [9.17, 15) is 9.59 Å². The van der Waals surface area contributed by atoms with E-state index in [2.05, 4.69) is 16.3 Å². The summed E-state index contributed by atoms with van der Waals surface area (Å²) in [5.74, 6) is -0.0885. The van der Waals surface area contributed by atoms with Gasteiger partial charge in [-0.2, -0.15) is 0 Å². The molecule has 1 saturated heterocycles. The van der Waals surface area contributed by atoms with Crippen molar-refractivity contribution in [2.24, 2.45) is 0 Å². The number of fused-ring (bicyclic) bond motifs is 2.